The fourth-order valence-electron chi connectivity index (χ4n) is 3.75. The summed E-state index contributed by atoms with van der Waals surface area (Å²) >= 11 is 0. The summed E-state index contributed by atoms with van der Waals surface area (Å²) in [4.78, 5) is 24.7. The summed E-state index contributed by atoms with van der Waals surface area (Å²) in [5, 5.41) is 26.5. The van der Waals surface area contributed by atoms with Crippen LogP contribution in [0.5, 0.6) is 0 Å². The third-order valence-corrected chi connectivity index (χ3v) is 5.15. The zero-order valence-corrected chi connectivity index (χ0v) is 15.7. The zero-order chi connectivity index (χ0) is 21.1. The highest BCUT2D eigenvalue weighted by Gasteiger charge is 2.41. The first-order valence-electron chi connectivity index (χ1n) is 9.16. The van der Waals surface area contributed by atoms with E-state index in [2.05, 4.69) is 16.5 Å². The molecule has 3 rings (SSSR count). The molecule has 0 bridgehead atoms. The third kappa shape index (κ3) is 3.99. The van der Waals surface area contributed by atoms with Gasteiger partial charge in [0.25, 0.3) is 5.91 Å². The maximum atomic E-state index is 13.1. The summed E-state index contributed by atoms with van der Waals surface area (Å²) in [6.07, 6.45) is 1.25. The van der Waals surface area contributed by atoms with Crippen LogP contribution in [-0.4, -0.2) is 44.4 Å². The van der Waals surface area contributed by atoms with Crippen molar-refractivity contribution in [3.8, 4) is 6.07 Å². The van der Waals surface area contributed by atoms with Crippen molar-refractivity contribution in [1.29, 1.82) is 5.26 Å². The second kappa shape index (κ2) is 8.18. The van der Waals surface area contributed by atoms with Crippen molar-refractivity contribution >= 4 is 23.5 Å². The number of piperidine rings is 1. The molecule has 4 N–H and O–H groups in total. The highest BCUT2D eigenvalue weighted by molar-refractivity contribution is 5.98. The minimum absolute atomic E-state index is 0.125. The van der Waals surface area contributed by atoms with Crippen molar-refractivity contribution in [3.63, 3.8) is 0 Å². The Morgan fingerprint density at radius 2 is 2.10 bits per heavy atom. The topological polar surface area (TPSA) is 137 Å². The number of hydrogen-bond acceptors (Lipinski definition) is 5. The molecule has 29 heavy (non-hydrogen) atoms. The summed E-state index contributed by atoms with van der Waals surface area (Å²) in [6, 6.07) is 6.84. The number of amides is 2. The van der Waals surface area contributed by atoms with E-state index in [-0.39, 0.29) is 17.9 Å². The highest BCUT2D eigenvalue weighted by atomic mass is 19.1. The number of carboxylic acid groups (broad SMARTS) is 1. The van der Waals surface area contributed by atoms with Gasteiger partial charge < -0.3 is 21.1 Å². The van der Waals surface area contributed by atoms with Crippen LogP contribution in [0.25, 0.3) is 0 Å². The monoisotopic (exact) mass is 400 g/mol. The highest BCUT2D eigenvalue weighted by Crippen LogP contribution is 2.35. The van der Waals surface area contributed by atoms with Gasteiger partial charge in [-0.2, -0.15) is 10.4 Å². The third-order valence-electron chi connectivity index (χ3n) is 5.15. The summed E-state index contributed by atoms with van der Waals surface area (Å²) in [7, 11) is 0. The van der Waals surface area contributed by atoms with Crippen molar-refractivity contribution in [2.45, 2.75) is 31.8 Å². The molecule has 1 fully saturated rings. The molecule has 0 spiro atoms. The lowest BCUT2D eigenvalue weighted by atomic mass is 9.84. The van der Waals surface area contributed by atoms with Crippen molar-refractivity contribution in [2.75, 3.05) is 11.9 Å². The van der Waals surface area contributed by atoms with Gasteiger partial charge in [-0.05, 0) is 37.1 Å². The molecule has 2 heterocycles. The standard InChI is InChI=1S/C19H21FN6O3/c1-2-15-13(9-21)16(7-8-25(15)19(28)29)26-10-14(17(22)27)18(24-26)23-12-5-3-11(20)4-6-12/h3-6,10,13,15-16H,2,7-8H2,1H3,(H2,22,27)(H,23,24)(H,28,29)/t13-,15?,16+/m1/s1. The number of halogens is 1. The molecule has 0 radical (unpaired) electrons. The Morgan fingerprint density at radius 3 is 2.66 bits per heavy atom. The van der Waals surface area contributed by atoms with E-state index in [1.54, 1.807) is 0 Å². The fraction of sp³-hybridized carbons (Fsp3) is 0.368. The molecule has 1 aromatic carbocycles. The lowest BCUT2D eigenvalue weighted by molar-refractivity contribution is 0.0653. The Balaban J connectivity index is 1.94. The Morgan fingerprint density at radius 1 is 1.41 bits per heavy atom. The van der Waals surface area contributed by atoms with Crippen LogP contribution in [0.4, 0.5) is 20.7 Å². The molecule has 1 saturated heterocycles. The van der Waals surface area contributed by atoms with Gasteiger partial charge in [-0.15, -0.1) is 0 Å². The lowest BCUT2D eigenvalue weighted by Crippen LogP contribution is -2.51. The van der Waals surface area contributed by atoms with E-state index in [0.29, 0.717) is 18.5 Å². The van der Waals surface area contributed by atoms with E-state index in [4.69, 9.17) is 5.73 Å². The van der Waals surface area contributed by atoms with Gasteiger partial charge in [0.15, 0.2) is 5.82 Å². The molecule has 2 amide bonds. The number of primary amides is 1. The zero-order valence-electron chi connectivity index (χ0n) is 15.7. The van der Waals surface area contributed by atoms with E-state index >= 15 is 0 Å². The summed E-state index contributed by atoms with van der Waals surface area (Å²) in [5.74, 6) is -1.55. The summed E-state index contributed by atoms with van der Waals surface area (Å²) in [5.41, 5.74) is 6.12. The Hall–Kier alpha value is -3.61. The van der Waals surface area contributed by atoms with E-state index in [1.165, 1.54) is 40.0 Å². The van der Waals surface area contributed by atoms with Crippen molar-refractivity contribution in [2.24, 2.45) is 11.7 Å². The van der Waals surface area contributed by atoms with Crippen LogP contribution in [0.3, 0.4) is 0 Å². The molecular weight excluding hydrogens is 379 g/mol. The average molecular weight is 400 g/mol. The number of hydrogen-bond donors (Lipinski definition) is 3. The van der Waals surface area contributed by atoms with Crippen LogP contribution in [-0.2, 0) is 0 Å². The van der Waals surface area contributed by atoms with Crippen LogP contribution in [0.15, 0.2) is 30.5 Å². The first kappa shape index (κ1) is 20.1. The molecular formula is C19H21FN6O3. The van der Waals surface area contributed by atoms with E-state index in [1.807, 2.05) is 6.92 Å². The number of nitrogens with zero attached hydrogens (tertiary/aromatic N) is 4. The van der Waals surface area contributed by atoms with Crippen LogP contribution in [0.2, 0.25) is 0 Å². The summed E-state index contributed by atoms with van der Waals surface area (Å²) < 4.78 is 14.6. The van der Waals surface area contributed by atoms with Gasteiger partial charge >= 0.3 is 6.09 Å². The first-order valence-corrected chi connectivity index (χ1v) is 9.16. The lowest BCUT2D eigenvalue weighted by Gasteiger charge is -2.40. The fourth-order valence-corrected chi connectivity index (χ4v) is 3.75. The van der Waals surface area contributed by atoms with Gasteiger partial charge in [0.2, 0.25) is 0 Å². The van der Waals surface area contributed by atoms with Gasteiger partial charge in [0.1, 0.15) is 11.4 Å². The van der Waals surface area contributed by atoms with Gasteiger partial charge in [0.05, 0.1) is 24.1 Å². The number of likely N-dealkylation sites (tertiary alicyclic amines) is 1. The normalized spacial score (nSPS) is 21.4. The smallest absolute Gasteiger partial charge is 0.407 e. The quantitative estimate of drug-likeness (QED) is 0.706. The summed E-state index contributed by atoms with van der Waals surface area (Å²) in [6.45, 7) is 2.08. The SMILES string of the molecule is CCC1[C@@H](C#N)[C@@H](n2cc(C(N)=O)c(Nc3ccc(F)cc3)n2)CCN1C(=O)O. The van der Waals surface area contributed by atoms with Crippen LogP contribution in [0, 0.1) is 23.1 Å². The first-order chi connectivity index (χ1) is 13.8. The minimum atomic E-state index is -1.06. The molecule has 2 aromatic rings. The van der Waals surface area contributed by atoms with Crippen LogP contribution in [0.1, 0.15) is 36.2 Å². The number of benzene rings is 1. The van der Waals surface area contributed by atoms with E-state index in [0.717, 1.165) is 0 Å². The number of nitrogens with two attached hydrogens (primary N) is 1. The maximum Gasteiger partial charge on any atom is 0.407 e. The molecule has 1 aromatic heterocycles. The van der Waals surface area contributed by atoms with E-state index in [9.17, 15) is 24.3 Å². The maximum absolute atomic E-state index is 13.1. The molecule has 152 valence electrons. The Kier molecular flexibility index (Phi) is 5.68. The average Bonchev–Trinajstić information content (AvgIpc) is 3.12. The molecule has 10 heteroatoms. The number of nitriles is 1. The molecule has 3 atom stereocenters. The second-order valence-electron chi connectivity index (χ2n) is 6.83. The number of anilines is 2. The largest absolute Gasteiger partial charge is 0.465 e. The number of rotatable bonds is 5. The number of carbonyl (C=O) groups excluding carboxylic acids is 1. The van der Waals surface area contributed by atoms with Crippen molar-refractivity contribution in [3.05, 3.63) is 41.8 Å². The molecule has 9 nitrogen and oxygen atoms in total. The number of nitrogens with one attached hydrogen (secondary N) is 1. The molecule has 1 aliphatic rings. The van der Waals surface area contributed by atoms with Gasteiger partial charge in [-0.3, -0.25) is 9.48 Å². The van der Waals surface area contributed by atoms with Gasteiger partial charge in [0, 0.05) is 18.4 Å². The Bertz CT molecular complexity index is 952. The predicted molar refractivity (Wildman–Crippen MR) is 102 cm³/mol. The Labute approximate surface area is 166 Å². The molecule has 0 saturated carbocycles. The van der Waals surface area contributed by atoms with Gasteiger partial charge in [-0.1, -0.05) is 6.92 Å². The van der Waals surface area contributed by atoms with Gasteiger partial charge in [-0.25, -0.2) is 9.18 Å². The molecule has 1 aliphatic heterocycles. The van der Waals surface area contributed by atoms with Crippen molar-refractivity contribution < 1.29 is 19.1 Å². The number of aromatic nitrogens is 2. The minimum Gasteiger partial charge on any atom is -0.465 e. The van der Waals surface area contributed by atoms with Crippen LogP contribution >= 0.6 is 0 Å². The molecule has 0 aliphatic carbocycles. The number of carbonyl (C=O) groups is 2. The second-order valence-corrected chi connectivity index (χ2v) is 6.83. The molecule has 1 unspecified atom stereocenters. The van der Waals surface area contributed by atoms with Crippen LogP contribution < -0.4 is 11.1 Å². The van der Waals surface area contributed by atoms with Crippen molar-refractivity contribution in [1.82, 2.24) is 14.7 Å². The van der Waals surface area contributed by atoms with E-state index < -0.39 is 35.8 Å². The predicted octanol–water partition coefficient (Wildman–Crippen LogP) is 2.71.